The SMILES string of the molecule is CCCC(=O)O[C@@H]1C[C@H](OC(C)=O)[C@@]2(C)[C@@H](OC(C)=O)CC=C(C)[C@@H]2[C@H](OC(C)=O)[C@@]2(O)[C@H](/C=C\1COC(C)=O)OC(=O)[C@@H]2C. The Labute approximate surface area is 262 Å². The van der Waals surface area contributed by atoms with Crippen molar-refractivity contribution in [1.82, 2.24) is 0 Å². The number of carbonyl (C=O) groups is 6. The molecule has 0 aromatic rings. The van der Waals surface area contributed by atoms with Crippen LogP contribution in [0.4, 0.5) is 0 Å². The number of hydrogen-bond acceptors (Lipinski definition) is 13. The van der Waals surface area contributed by atoms with Gasteiger partial charge in [0.2, 0.25) is 0 Å². The van der Waals surface area contributed by atoms with Gasteiger partial charge < -0.3 is 33.5 Å². The molecule has 250 valence electrons. The van der Waals surface area contributed by atoms with Crippen molar-refractivity contribution in [3.8, 4) is 0 Å². The Hall–Kier alpha value is -3.74. The van der Waals surface area contributed by atoms with Crippen LogP contribution in [0.1, 0.15) is 81.1 Å². The molecule has 3 aliphatic rings. The van der Waals surface area contributed by atoms with Crippen molar-refractivity contribution in [2.45, 2.75) is 117 Å². The van der Waals surface area contributed by atoms with Crippen LogP contribution in [0, 0.1) is 17.3 Å². The van der Waals surface area contributed by atoms with Gasteiger partial charge in [0.25, 0.3) is 0 Å². The van der Waals surface area contributed by atoms with E-state index < -0.39 is 95.8 Å². The van der Waals surface area contributed by atoms with E-state index in [9.17, 15) is 33.9 Å². The summed E-state index contributed by atoms with van der Waals surface area (Å²) in [6.07, 6.45) is -2.77. The molecular formula is C32H44O13. The van der Waals surface area contributed by atoms with E-state index in [2.05, 4.69) is 0 Å². The van der Waals surface area contributed by atoms with Crippen molar-refractivity contribution < 1.29 is 62.3 Å². The molecular weight excluding hydrogens is 592 g/mol. The Bertz CT molecular complexity index is 1270. The van der Waals surface area contributed by atoms with E-state index in [1.165, 1.54) is 33.8 Å². The standard InChI is InChI=1S/C32H44O13/c1-9-10-27(37)44-23-14-25(42-20(6)35)31(8)24(41-19(5)34)12-11-16(2)28(31)29(43-21(7)36)32(39)17(3)30(38)45-26(32)13-22(23)15-40-18(4)33/h11,13,17,23-26,28-29,39H,9-10,12,14-15H2,1-8H3/b22-13-/t17-,23+,24-,25-,26-,28+,29-,31+,32-/m0/s1. The highest BCUT2D eigenvalue weighted by Crippen LogP contribution is 2.55. The summed E-state index contributed by atoms with van der Waals surface area (Å²) in [5.41, 5.74) is -2.94. The Balaban J connectivity index is 2.46. The number of rotatable bonds is 8. The molecule has 0 bridgehead atoms. The maximum atomic E-state index is 13.2. The first-order valence-corrected chi connectivity index (χ1v) is 15.1. The number of fused-ring (bicyclic) bond motifs is 2. The van der Waals surface area contributed by atoms with Crippen LogP contribution in [0.2, 0.25) is 0 Å². The minimum Gasteiger partial charge on any atom is -0.462 e. The molecule has 0 unspecified atom stereocenters. The van der Waals surface area contributed by atoms with Crippen LogP contribution < -0.4 is 0 Å². The highest BCUT2D eigenvalue weighted by atomic mass is 16.6. The second kappa shape index (κ2) is 14.1. The molecule has 1 N–H and O–H groups in total. The van der Waals surface area contributed by atoms with E-state index in [1.54, 1.807) is 26.8 Å². The molecule has 0 saturated carbocycles. The Kier molecular flexibility index (Phi) is 11.2. The average Bonchev–Trinajstić information content (AvgIpc) is 3.14. The lowest BCUT2D eigenvalue weighted by atomic mass is 9.56. The monoisotopic (exact) mass is 636 g/mol. The summed E-state index contributed by atoms with van der Waals surface area (Å²) >= 11 is 0. The fourth-order valence-corrected chi connectivity index (χ4v) is 6.80. The van der Waals surface area contributed by atoms with Crippen molar-refractivity contribution >= 4 is 35.8 Å². The van der Waals surface area contributed by atoms with Gasteiger partial charge in [0.1, 0.15) is 31.0 Å². The number of esters is 6. The number of aliphatic hydroxyl groups is 1. The molecule has 0 aromatic heterocycles. The summed E-state index contributed by atoms with van der Waals surface area (Å²) in [5, 5.41) is 12.6. The number of ether oxygens (including phenoxy) is 6. The topological polar surface area (TPSA) is 178 Å². The highest BCUT2D eigenvalue weighted by molar-refractivity contribution is 5.78. The lowest BCUT2D eigenvalue weighted by Gasteiger charge is -2.55. The summed E-state index contributed by atoms with van der Waals surface area (Å²) in [6.45, 7) is 10.9. The van der Waals surface area contributed by atoms with Crippen LogP contribution >= 0.6 is 0 Å². The first-order chi connectivity index (χ1) is 21.0. The van der Waals surface area contributed by atoms with Gasteiger partial charge in [-0.25, -0.2) is 0 Å². The van der Waals surface area contributed by atoms with E-state index >= 15 is 0 Å². The molecule has 2 aliphatic carbocycles. The van der Waals surface area contributed by atoms with Crippen LogP contribution in [-0.2, 0) is 57.2 Å². The van der Waals surface area contributed by atoms with Crippen molar-refractivity contribution in [3.05, 3.63) is 23.3 Å². The highest BCUT2D eigenvalue weighted by Gasteiger charge is 2.67. The van der Waals surface area contributed by atoms with Crippen LogP contribution in [0.25, 0.3) is 0 Å². The van der Waals surface area contributed by atoms with Crippen molar-refractivity contribution in [1.29, 1.82) is 0 Å². The molecule has 1 heterocycles. The van der Waals surface area contributed by atoms with Gasteiger partial charge in [-0.3, -0.25) is 28.8 Å². The summed E-state index contributed by atoms with van der Waals surface area (Å²) < 4.78 is 34.5. The second-order valence-electron chi connectivity index (χ2n) is 12.2. The van der Waals surface area contributed by atoms with Gasteiger partial charge in [0.05, 0.1) is 11.3 Å². The lowest BCUT2D eigenvalue weighted by molar-refractivity contribution is -0.218. The molecule has 1 saturated heterocycles. The molecule has 9 atom stereocenters. The minimum atomic E-state index is -2.24. The van der Waals surface area contributed by atoms with Crippen LogP contribution in [-0.4, -0.2) is 83.7 Å². The molecule has 13 nitrogen and oxygen atoms in total. The van der Waals surface area contributed by atoms with Gasteiger partial charge in [-0.2, -0.15) is 0 Å². The van der Waals surface area contributed by atoms with Gasteiger partial charge in [0.15, 0.2) is 11.7 Å². The predicted molar refractivity (Wildman–Crippen MR) is 155 cm³/mol. The van der Waals surface area contributed by atoms with Gasteiger partial charge in [-0.15, -0.1) is 0 Å². The molecule has 0 radical (unpaired) electrons. The predicted octanol–water partition coefficient (Wildman–Crippen LogP) is 2.65. The van der Waals surface area contributed by atoms with Gasteiger partial charge >= 0.3 is 35.8 Å². The Morgan fingerprint density at radius 2 is 1.56 bits per heavy atom. The van der Waals surface area contributed by atoms with Gasteiger partial charge in [-0.05, 0) is 26.3 Å². The fraction of sp³-hybridized carbons (Fsp3) is 0.688. The maximum absolute atomic E-state index is 13.2. The normalized spacial score (nSPS) is 35.6. The van der Waals surface area contributed by atoms with Crippen molar-refractivity contribution in [2.24, 2.45) is 17.3 Å². The quantitative estimate of drug-likeness (QED) is 0.234. The third-order valence-corrected chi connectivity index (χ3v) is 8.99. The largest absolute Gasteiger partial charge is 0.462 e. The van der Waals surface area contributed by atoms with Crippen molar-refractivity contribution in [3.63, 3.8) is 0 Å². The molecule has 0 spiro atoms. The molecule has 1 aliphatic heterocycles. The number of hydrogen-bond donors (Lipinski definition) is 1. The van der Waals surface area contributed by atoms with Crippen LogP contribution in [0.3, 0.4) is 0 Å². The summed E-state index contributed by atoms with van der Waals surface area (Å²) in [5.74, 6) is -6.44. The molecule has 0 amide bonds. The Morgan fingerprint density at radius 3 is 2.11 bits per heavy atom. The zero-order valence-corrected chi connectivity index (χ0v) is 27.1. The summed E-state index contributed by atoms with van der Waals surface area (Å²) in [6, 6.07) is 0. The third kappa shape index (κ3) is 7.40. The van der Waals surface area contributed by atoms with Gasteiger partial charge in [-0.1, -0.05) is 25.5 Å². The first-order valence-electron chi connectivity index (χ1n) is 15.1. The van der Waals surface area contributed by atoms with E-state index in [0.717, 1.165) is 6.92 Å². The fourth-order valence-electron chi connectivity index (χ4n) is 6.80. The summed E-state index contributed by atoms with van der Waals surface area (Å²) in [4.78, 5) is 75.8. The Morgan fingerprint density at radius 1 is 0.956 bits per heavy atom. The van der Waals surface area contributed by atoms with Crippen LogP contribution in [0.15, 0.2) is 23.3 Å². The minimum absolute atomic E-state index is 0.0430. The second-order valence-corrected chi connectivity index (χ2v) is 12.2. The maximum Gasteiger partial charge on any atom is 0.312 e. The molecule has 1 fully saturated rings. The first kappa shape index (κ1) is 35.7. The van der Waals surface area contributed by atoms with E-state index in [-0.39, 0.29) is 24.8 Å². The van der Waals surface area contributed by atoms with Crippen LogP contribution in [0.5, 0.6) is 0 Å². The zero-order valence-electron chi connectivity index (χ0n) is 27.1. The zero-order chi connectivity index (χ0) is 33.9. The molecule has 3 rings (SSSR count). The van der Waals surface area contributed by atoms with Gasteiger partial charge in [0, 0.05) is 58.4 Å². The number of carbonyl (C=O) groups excluding carboxylic acids is 6. The molecule has 45 heavy (non-hydrogen) atoms. The lowest BCUT2D eigenvalue weighted by Crippen LogP contribution is -2.65. The third-order valence-electron chi connectivity index (χ3n) is 8.99. The smallest absolute Gasteiger partial charge is 0.312 e. The summed E-state index contributed by atoms with van der Waals surface area (Å²) in [7, 11) is 0. The van der Waals surface area contributed by atoms with E-state index in [4.69, 9.17) is 28.4 Å². The average molecular weight is 637 g/mol. The van der Waals surface area contributed by atoms with E-state index in [1.807, 2.05) is 0 Å². The van der Waals surface area contributed by atoms with E-state index in [0.29, 0.717) is 12.0 Å². The molecule has 0 aromatic carbocycles. The van der Waals surface area contributed by atoms with Crippen molar-refractivity contribution in [2.75, 3.05) is 6.61 Å². The molecule has 13 heteroatoms.